The predicted octanol–water partition coefficient (Wildman–Crippen LogP) is 20.4. The molecule has 15 heteroatoms. The SMILES string of the molecule is C.C.CCC/C=C/CCCCCCCCCC(=O)OCC[S-].CCC/C=C/CCCCCCCCCC(=O)OCC[S-].CCC/C=C/CCCCCCCCCC(=O)OCC[S-].CCC/C=C/CCCCCCCCCC(=O)OCC[S-].S.[Sn+2].[Sn+2]. The van der Waals surface area contributed by atoms with E-state index in [9.17, 15) is 19.2 Å². The third-order valence-electron chi connectivity index (χ3n) is 12.9. The molecule has 0 saturated carbocycles. The number of carbonyl (C=O) groups excluding carboxylic acids is 4. The second kappa shape index (κ2) is 100. The van der Waals surface area contributed by atoms with E-state index in [-0.39, 0.29) is 100 Å². The van der Waals surface area contributed by atoms with E-state index < -0.39 is 0 Å². The van der Waals surface area contributed by atoms with Crippen LogP contribution in [-0.2, 0) is 88.6 Å². The second-order valence-corrected chi connectivity index (χ2v) is 22.4. The van der Waals surface area contributed by atoms with E-state index in [0.29, 0.717) is 75.1 Å². The molecule has 0 saturated heterocycles. The Hall–Kier alpha value is 0.187. The van der Waals surface area contributed by atoms with Crippen LogP contribution in [0.4, 0.5) is 0 Å². The van der Waals surface area contributed by atoms with Crippen molar-refractivity contribution in [2.75, 3.05) is 49.4 Å². The van der Waals surface area contributed by atoms with Crippen molar-refractivity contribution in [3.63, 3.8) is 0 Å². The maximum Gasteiger partial charge on any atom is 2.00 e. The average Bonchev–Trinajstić information content (AvgIpc) is 3.46. The van der Waals surface area contributed by atoms with E-state index in [2.05, 4.69) is 76.3 Å². The van der Waals surface area contributed by atoms with Gasteiger partial charge in [0, 0.05) is 25.7 Å². The maximum absolute atomic E-state index is 11.2. The van der Waals surface area contributed by atoms with Crippen molar-refractivity contribution >= 4 is 136 Å². The average molecular weight is 1500 g/mol. The number of carbonyl (C=O) groups is 4. The summed E-state index contributed by atoms with van der Waals surface area (Å²) in [5.41, 5.74) is 0. The monoisotopic (exact) mass is 1500 g/mol. The molecule has 0 fully saturated rings. The third kappa shape index (κ3) is 109. The van der Waals surface area contributed by atoms with Crippen molar-refractivity contribution in [1.29, 1.82) is 0 Å². The topological polar surface area (TPSA) is 105 Å². The van der Waals surface area contributed by atoms with Gasteiger partial charge in [-0.3, -0.25) is 19.2 Å². The molecule has 500 valence electrons. The molecule has 0 unspecified atom stereocenters. The van der Waals surface area contributed by atoms with Gasteiger partial charge in [-0.1, -0.05) is 245 Å². The number of hydrogen-bond donors (Lipinski definition) is 0. The Morgan fingerprint density at radius 1 is 0.259 bits per heavy atom. The first kappa shape index (κ1) is 104. The summed E-state index contributed by atoms with van der Waals surface area (Å²) in [6.45, 7) is 10.4. The number of ether oxygens (including phenoxy) is 4. The van der Waals surface area contributed by atoms with Gasteiger partial charge in [-0.05, 0) is 103 Å². The van der Waals surface area contributed by atoms with Crippen molar-refractivity contribution in [2.24, 2.45) is 0 Å². The van der Waals surface area contributed by atoms with Gasteiger partial charge in [0.15, 0.2) is 0 Å². The molecule has 0 heterocycles. The van der Waals surface area contributed by atoms with Crippen LogP contribution in [0.15, 0.2) is 48.6 Å². The summed E-state index contributed by atoms with van der Waals surface area (Å²) in [7, 11) is 0. The molecule has 0 bridgehead atoms. The van der Waals surface area contributed by atoms with Gasteiger partial charge in [-0.2, -0.15) is 13.5 Å². The summed E-state index contributed by atoms with van der Waals surface area (Å²) < 4.78 is 19.8. The van der Waals surface area contributed by atoms with Gasteiger partial charge in [0.05, 0.1) is 26.4 Å². The molecule has 0 aromatic rings. The summed E-state index contributed by atoms with van der Waals surface area (Å²) >= 11 is 18.9. The minimum absolute atomic E-state index is 0. The van der Waals surface area contributed by atoms with Gasteiger partial charge in [-0.25, -0.2) is 0 Å². The van der Waals surface area contributed by atoms with Crippen LogP contribution >= 0.6 is 13.5 Å². The van der Waals surface area contributed by atoms with Crippen LogP contribution in [0.25, 0.3) is 0 Å². The molecule has 8 nitrogen and oxygen atoms in total. The number of rotatable bonds is 56. The van der Waals surface area contributed by atoms with Gasteiger partial charge in [-0.15, -0.1) is 23.0 Å². The second-order valence-electron chi connectivity index (χ2n) is 20.8. The van der Waals surface area contributed by atoms with Crippen LogP contribution < -0.4 is 0 Å². The predicted molar refractivity (Wildman–Crippen MR) is 391 cm³/mol. The van der Waals surface area contributed by atoms with E-state index in [1.165, 1.54) is 205 Å². The van der Waals surface area contributed by atoms with Gasteiger partial charge in [0.2, 0.25) is 0 Å². The van der Waals surface area contributed by atoms with Crippen LogP contribution in [0.5, 0.6) is 0 Å². The van der Waals surface area contributed by atoms with Crippen molar-refractivity contribution in [2.45, 2.75) is 325 Å². The first-order valence-corrected chi connectivity index (χ1v) is 35.1. The number of hydrogen-bond acceptors (Lipinski definition) is 12. The smallest absolute Gasteiger partial charge is 0.789 e. The molecule has 0 spiro atoms. The number of esters is 4. The molecule has 0 N–H and O–H groups in total. The molecule has 0 rings (SSSR count). The van der Waals surface area contributed by atoms with E-state index in [0.717, 1.165) is 51.4 Å². The van der Waals surface area contributed by atoms with Gasteiger partial charge < -0.3 is 69.5 Å². The molecule has 0 atom stereocenters. The Labute approximate surface area is 591 Å². The normalized spacial score (nSPS) is 10.4. The Morgan fingerprint density at radius 2 is 0.400 bits per heavy atom. The minimum Gasteiger partial charge on any atom is -0.789 e. The first-order valence-electron chi connectivity index (χ1n) is 32.8. The van der Waals surface area contributed by atoms with Crippen molar-refractivity contribution in [3.05, 3.63) is 48.6 Å². The minimum atomic E-state index is -0.0892. The fourth-order valence-corrected chi connectivity index (χ4v) is 8.52. The summed E-state index contributed by atoms with van der Waals surface area (Å²) in [4.78, 5) is 44.8. The molecular weight excluding hydrogens is 1370 g/mol. The zero-order chi connectivity index (χ0) is 59.6. The third-order valence-corrected chi connectivity index (χ3v) is 13.5. The van der Waals surface area contributed by atoms with Crippen LogP contribution in [0, 0.1) is 0 Å². The molecule has 0 aromatic heterocycles. The van der Waals surface area contributed by atoms with Crippen LogP contribution in [0.3, 0.4) is 0 Å². The fraction of sp³-hybridized carbons (Fsp3) is 0.829. The Balaban J connectivity index is -0.000000127. The molecule has 0 aliphatic heterocycles. The summed E-state index contributed by atoms with van der Waals surface area (Å²) in [6.07, 6.45) is 69.8. The molecule has 85 heavy (non-hydrogen) atoms. The summed E-state index contributed by atoms with van der Waals surface area (Å²) in [6, 6.07) is 0. The molecular formula is C70H134O8S5Sn2. The standard InChI is InChI=1S/4C17H32O2S.2CH4.H2S.2Sn/c4*1-2-3-4-5-6-7-8-9-10-11-12-13-14-17(18)19-15-16-20;;;;;/h4*4-5,20H,2-3,6-16H2,1H3;2*1H4;1H2;;/q;;;;;;;2*+2/p-4/b4*5-4+;;;;;. The Kier molecular flexibility index (Phi) is 123. The number of unbranched alkanes of at least 4 members (excludes halogenated alkanes) is 32. The van der Waals surface area contributed by atoms with Crippen LogP contribution in [0.2, 0.25) is 0 Å². The Morgan fingerprint density at radius 3 is 0.553 bits per heavy atom. The van der Waals surface area contributed by atoms with Gasteiger partial charge in [0.1, 0.15) is 0 Å². The molecule has 0 amide bonds. The van der Waals surface area contributed by atoms with E-state index in [4.69, 9.17) is 69.5 Å². The zero-order valence-corrected chi connectivity index (χ0v) is 63.8. The van der Waals surface area contributed by atoms with Crippen LogP contribution in [0.1, 0.15) is 325 Å². The zero-order valence-electron chi connectivity index (χ0n) is 53.8. The summed E-state index contributed by atoms with van der Waals surface area (Å²) in [5, 5.41) is 0. The first-order chi connectivity index (χ1) is 39.2. The van der Waals surface area contributed by atoms with Crippen molar-refractivity contribution in [3.8, 4) is 0 Å². The fourth-order valence-electron chi connectivity index (χ4n) is 8.18. The Bertz CT molecular complexity index is 1170. The molecule has 4 radical (unpaired) electrons. The molecule has 0 aliphatic rings. The van der Waals surface area contributed by atoms with Crippen molar-refractivity contribution < 1.29 is 38.1 Å². The largest absolute Gasteiger partial charge is 2.00 e. The van der Waals surface area contributed by atoms with E-state index >= 15 is 0 Å². The van der Waals surface area contributed by atoms with E-state index in [1.807, 2.05) is 0 Å². The molecule has 0 aromatic carbocycles. The van der Waals surface area contributed by atoms with Crippen molar-refractivity contribution in [1.82, 2.24) is 0 Å². The maximum atomic E-state index is 11.2. The molecule has 0 aliphatic carbocycles. The van der Waals surface area contributed by atoms with Crippen LogP contribution in [-0.4, -0.2) is 121 Å². The van der Waals surface area contributed by atoms with Gasteiger partial charge in [0.25, 0.3) is 0 Å². The number of allylic oxidation sites excluding steroid dienone is 8. The quantitative estimate of drug-likeness (QED) is 0.0145. The van der Waals surface area contributed by atoms with Gasteiger partial charge >= 0.3 is 71.7 Å². The summed E-state index contributed by atoms with van der Waals surface area (Å²) in [5.74, 6) is 1.64. The van der Waals surface area contributed by atoms with E-state index in [1.54, 1.807) is 0 Å².